The van der Waals surface area contributed by atoms with Crippen LogP contribution in [0.15, 0.2) is 51.7 Å². The minimum absolute atomic E-state index is 0.103. The highest BCUT2D eigenvalue weighted by Crippen LogP contribution is 2.34. The van der Waals surface area contributed by atoms with Gasteiger partial charge in [-0.25, -0.2) is 4.98 Å². The fourth-order valence-electron chi connectivity index (χ4n) is 4.82. The van der Waals surface area contributed by atoms with E-state index in [0.29, 0.717) is 15.4 Å². The molecular weight excluding hydrogens is 474 g/mol. The van der Waals surface area contributed by atoms with E-state index in [1.165, 1.54) is 47.1 Å². The Morgan fingerprint density at radius 1 is 1.09 bits per heavy atom. The van der Waals surface area contributed by atoms with Gasteiger partial charge in [0.1, 0.15) is 4.83 Å². The molecule has 0 saturated heterocycles. The van der Waals surface area contributed by atoms with E-state index in [4.69, 9.17) is 0 Å². The molecule has 0 spiro atoms. The molecule has 0 unspecified atom stereocenters. The monoisotopic (exact) mass is 503 g/mol. The van der Waals surface area contributed by atoms with Crippen LogP contribution in [0, 0.1) is 0 Å². The van der Waals surface area contributed by atoms with Crippen molar-refractivity contribution in [3.8, 4) is 11.1 Å². The van der Waals surface area contributed by atoms with Gasteiger partial charge in [-0.05, 0) is 66.3 Å². The number of nitrogens with zero attached hydrogens (tertiary/aromatic N) is 1. The largest absolute Gasteiger partial charge is 0.325 e. The van der Waals surface area contributed by atoms with Crippen molar-refractivity contribution in [2.45, 2.75) is 57.5 Å². The van der Waals surface area contributed by atoms with Crippen LogP contribution in [0.5, 0.6) is 0 Å². The summed E-state index contributed by atoms with van der Waals surface area (Å²) in [6.45, 7) is 4.17. The molecule has 0 aliphatic heterocycles. The lowest BCUT2D eigenvalue weighted by Gasteiger charge is -2.16. The van der Waals surface area contributed by atoms with E-state index in [1.54, 1.807) is 0 Å². The molecule has 7 heteroatoms. The fourth-order valence-corrected chi connectivity index (χ4v) is 6.49. The maximum absolute atomic E-state index is 13.0. The average molecular weight is 504 g/mol. The number of para-hydroxylation sites is 1. The predicted molar refractivity (Wildman–Crippen MR) is 147 cm³/mol. The maximum Gasteiger partial charge on any atom is 0.260 e. The second kappa shape index (κ2) is 10.4. The number of carbonyl (C=O) groups is 1. The summed E-state index contributed by atoms with van der Waals surface area (Å²) in [4.78, 5) is 34.0. The minimum atomic E-state index is -0.156. The van der Waals surface area contributed by atoms with E-state index in [-0.39, 0.29) is 17.2 Å². The number of aromatic nitrogens is 2. The van der Waals surface area contributed by atoms with Crippen LogP contribution in [0.25, 0.3) is 21.3 Å². The Balaban J connectivity index is 1.34. The minimum Gasteiger partial charge on any atom is -0.325 e. The van der Waals surface area contributed by atoms with Crippen LogP contribution in [0.2, 0.25) is 0 Å². The topological polar surface area (TPSA) is 74.8 Å². The molecule has 5 nitrogen and oxygen atoms in total. The number of thioether (sulfide) groups is 1. The molecule has 35 heavy (non-hydrogen) atoms. The molecule has 0 radical (unpaired) electrons. The highest BCUT2D eigenvalue weighted by atomic mass is 32.2. The van der Waals surface area contributed by atoms with E-state index in [0.717, 1.165) is 53.6 Å². The fraction of sp³-hybridized carbons (Fsp3) is 0.321. The number of hydrogen-bond donors (Lipinski definition) is 2. The zero-order valence-corrected chi connectivity index (χ0v) is 21.7. The first-order valence-electron chi connectivity index (χ1n) is 12.2. The van der Waals surface area contributed by atoms with Crippen LogP contribution in [0.1, 0.15) is 48.9 Å². The van der Waals surface area contributed by atoms with E-state index in [9.17, 15) is 9.59 Å². The molecule has 1 aliphatic carbocycles. The number of thiophene rings is 1. The first-order chi connectivity index (χ1) is 17.1. The number of benzene rings is 2. The third-order valence-electron chi connectivity index (χ3n) is 6.68. The lowest BCUT2D eigenvalue weighted by molar-refractivity contribution is -0.113. The van der Waals surface area contributed by atoms with E-state index < -0.39 is 0 Å². The molecule has 1 amide bonds. The van der Waals surface area contributed by atoms with Gasteiger partial charge in [-0.15, -0.1) is 11.3 Å². The summed E-state index contributed by atoms with van der Waals surface area (Å²) >= 11 is 2.73. The van der Waals surface area contributed by atoms with Gasteiger partial charge in [-0.3, -0.25) is 9.59 Å². The Kier molecular flexibility index (Phi) is 7.07. The van der Waals surface area contributed by atoms with Gasteiger partial charge in [0.15, 0.2) is 5.16 Å². The third kappa shape index (κ3) is 4.93. The van der Waals surface area contributed by atoms with Crippen molar-refractivity contribution in [2.24, 2.45) is 0 Å². The highest BCUT2D eigenvalue weighted by molar-refractivity contribution is 7.99. The van der Waals surface area contributed by atoms with Gasteiger partial charge >= 0.3 is 0 Å². The number of fused-ring (bicyclic) bond motifs is 2. The molecule has 0 atom stereocenters. The lowest BCUT2D eigenvalue weighted by atomic mass is 9.89. The van der Waals surface area contributed by atoms with Crippen molar-refractivity contribution in [3.63, 3.8) is 0 Å². The summed E-state index contributed by atoms with van der Waals surface area (Å²) in [5, 5.41) is 6.19. The van der Waals surface area contributed by atoms with Crippen molar-refractivity contribution in [1.29, 1.82) is 0 Å². The normalized spacial score (nSPS) is 13.1. The first kappa shape index (κ1) is 23.8. The lowest BCUT2D eigenvalue weighted by Crippen LogP contribution is -2.17. The number of anilines is 1. The second-order valence-electron chi connectivity index (χ2n) is 8.89. The van der Waals surface area contributed by atoms with Crippen LogP contribution in [0.4, 0.5) is 5.69 Å². The number of amides is 1. The van der Waals surface area contributed by atoms with Crippen molar-refractivity contribution >= 4 is 44.9 Å². The molecule has 0 saturated carbocycles. The van der Waals surface area contributed by atoms with Crippen molar-refractivity contribution in [3.05, 3.63) is 74.4 Å². The number of aromatic amines is 1. The SMILES string of the molecule is CCc1cccc(CC)c1NC(=O)CSc1nc2scc(-c3ccc4c(c3)CCCC4)c2c(=O)[nH]1. The van der Waals surface area contributed by atoms with Crippen LogP contribution >= 0.6 is 23.1 Å². The van der Waals surface area contributed by atoms with Gasteiger partial charge in [0.25, 0.3) is 5.56 Å². The van der Waals surface area contributed by atoms with Crippen molar-refractivity contribution in [2.75, 3.05) is 11.1 Å². The molecule has 0 fully saturated rings. The molecule has 0 bridgehead atoms. The number of nitrogens with one attached hydrogen (secondary N) is 2. The summed E-state index contributed by atoms with van der Waals surface area (Å²) in [7, 11) is 0. The molecule has 1 aliphatic rings. The van der Waals surface area contributed by atoms with Crippen LogP contribution in [-0.4, -0.2) is 21.6 Å². The Morgan fingerprint density at radius 2 is 1.83 bits per heavy atom. The number of H-pyrrole nitrogens is 1. The van der Waals surface area contributed by atoms with Crippen molar-refractivity contribution in [1.82, 2.24) is 9.97 Å². The van der Waals surface area contributed by atoms with Crippen LogP contribution in [-0.2, 0) is 30.5 Å². The van der Waals surface area contributed by atoms with Crippen molar-refractivity contribution < 1.29 is 4.79 Å². The van der Waals surface area contributed by atoms with Gasteiger partial charge in [-0.1, -0.05) is 62.0 Å². The number of carbonyl (C=O) groups excluding carboxylic acids is 1. The summed E-state index contributed by atoms with van der Waals surface area (Å²) < 4.78 is 0. The Bertz CT molecular complexity index is 1430. The second-order valence-corrected chi connectivity index (χ2v) is 10.7. The third-order valence-corrected chi connectivity index (χ3v) is 8.43. The Hall–Kier alpha value is -2.90. The van der Waals surface area contributed by atoms with Gasteiger partial charge in [-0.2, -0.15) is 0 Å². The molecule has 2 N–H and O–H groups in total. The highest BCUT2D eigenvalue weighted by Gasteiger charge is 2.17. The summed E-state index contributed by atoms with van der Waals surface area (Å²) in [6, 6.07) is 12.7. The maximum atomic E-state index is 13.0. The van der Waals surface area contributed by atoms with Crippen LogP contribution < -0.4 is 10.9 Å². The van der Waals surface area contributed by atoms with Crippen LogP contribution in [0.3, 0.4) is 0 Å². The van der Waals surface area contributed by atoms with E-state index in [1.807, 2.05) is 23.6 Å². The number of hydrogen-bond acceptors (Lipinski definition) is 5. The molecule has 180 valence electrons. The molecule has 2 heterocycles. The summed E-state index contributed by atoms with van der Waals surface area (Å²) in [5.41, 5.74) is 7.84. The van der Waals surface area contributed by atoms with E-state index in [2.05, 4.69) is 47.3 Å². The van der Waals surface area contributed by atoms with Gasteiger partial charge in [0.05, 0.1) is 11.1 Å². The predicted octanol–water partition coefficient (Wildman–Crippen LogP) is 6.39. The molecule has 4 aromatic rings. The van der Waals surface area contributed by atoms with E-state index >= 15 is 0 Å². The summed E-state index contributed by atoms with van der Waals surface area (Å²) in [6.07, 6.45) is 6.42. The Morgan fingerprint density at radius 3 is 2.57 bits per heavy atom. The molecule has 2 aromatic carbocycles. The summed E-state index contributed by atoms with van der Waals surface area (Å²) in [5.74, 6) is 0.0767. The Labute approximate surface area is 213 Å². The van der Waals surface area contributed by atoms with Gasteiger partial charge in [0.2, 0.25) is 5.91 Å². The molecule has 5 rings (SSSR count). The molecular formula is C28H29N3O2S2. The molecule has 2 aromatic heterocycles. The quantitative estimate of drug-likeness (QED) is 0.226. The number of aryl methyl sites for hydroxylation is 4. The standard InChI is InChI=1S/C28H29N3O2S2/c1-3-17-10-7-11-18(4-2)25(17)29-23(32)16-35-28-30-26(33)24-22(15-34-27(24)31-28)21-13-12-19-8-5-6-9-20(19)14-21/h7,10-15H,3-6,8-9,16H2,1-2H3,(H,29,32)(H,30,31,33). The van der Waals surface area contributed by atoms with Gasteiger partial charge in [0, 0.05) is 16.6 Å². The first-order valence-corrected chi connectivity index (χ1v) is 14.1. The zero-order valence-electron chi connectivity index (χ0n) is 20.1. The smallest absolute Gasteiger partial charge is 0.260 e. The number of rotatable bonds is 7. The average Bonchev–Trinajstić information content (AvgIpc) is 3.32. The zero-order chi connectivity index (χ0) is 24.4. The van der Waals surface area contributed by atoms with Gasteiger partial charge < -0.3 is 10.3 Å².